The molecule has 3 N–H and O–H groups in total. The average molecular weight is 486 g/mol. The highest BCUT2D eigenvalue weighted by atomic mass is 16.8. The molecule has 0 radical (unpaired) electrons. The number of aromatic nitrogens is 4. The Kier molecular flexibility index (Phi) is 4.52. The van der Waals surface area contributed by atoms with Gasteiger partial charge in [0.05, 0.1) is 11.7 Å². The molecule has 8 rings (SSSR count). The number of aromatic amines is 1. The Hall–Kier alpha value is -2.50. The van der Waals surface area contributed by atoms with Gasteiger partial charge in [0.15, 0.2) is 23.2 Å². The SMILES string of the molecule is CC1(C)O[C@@H]2[C@H](O1)[C@@H](COC(=O)C13CC4CC(CC(C4)C1)C3)O[C@H]2n1cnc2c(=O)[nH]c(N)nc21. The number of hydrogen-bond acceptors (Lipinski definition) is 9. The molecular formula is C24H31N5O6. The molecule has 4 bridgehead atoms. The zero-order valence-electron chi connectivity index (χ0n) is 19.9. The number of rotatable bonds is 4. The van der Waals surface area contributed by atoms with Crippen LogP contribution < -0.4 is 11.3 Å². The van der Waals surface area contributed by atoms with Gasteiger partial charge in [-0.05, 0) is 70.1 Å². The topological polar surface area (TPSA) is 144 Å². The van der Waals surface area contributed by atoms with Crippen molar-refractivity contribution in [1.82, 2.24) is 19.5 Å². The third-order valence-electron chi connectivity index (χ3n) is 8.70. The third kappa shape index (κ3) is 3.35. The fourth-order valence-electron chi connectivity index (χ4n) is 7.82. The first-order chi connectivity index (χ1) is 16.7. The van der Waals surface area contributed by atoms with E-state index in [1.807, 2.05) is 13.8 Å². The van der Waals surface area contributed by atoms with Crippen LogP contribution in [0.25, 0.3) is 11.2 Å². The van der Waals surface area contributed by atoms with Crippen LogP contribution in [0.1, 0.15) is 58.6 Å². The second-order valence-corrected chi connectivity index (χ2v) is 11.7. The van der Waals surface area contributed by atoms with Crippen molar-refractivity contribution in [2.75, 3.05) is 12.3 Å². The molecule has 35 heavy (non-hydrogen) atoms. The van der Waals surface area contributed by atoms with Crippen LogP contribution in [0.15, 0.2) is 11.1 Å². The molecule has 2 aliphatic heterocycles. The van der Waals surface area contributed by atoms with Gasteiger partial charge in [0, 0.05) is 0 Å². The van der Waals surface area contributed by atoms with E-state index in [4.69, 9.17) is 24.7 Å². The zero-order valence-corrected chi connectivity index (χ0v) is 19.9. The minimum absolute atomic E-state index is 0.0104. The number of nitrogens with zero attached hydrogens (tertiary/aromatic N) is 3. The van der Waals surface area contributed by atoms with E-state index < -0.39 is 35.9 Å². The summed E-state index contributed by atoms with van der Waals surface area (Å²) in [6.07, 6.45) is 6.02. The molecule has 188 valence electrons. The molecule has 0 spiro atoms. The largest absolute Gasteiger partial charge is 0.462 e. The monoisotopic (exact) mass is 485 g/mol. The molecule has 0 amide bonds. The summed E-state index contributed by atoms with van der Waals surface area (Å²) >= 11 is 0. The maximum atomic E-state index is 13.4. The van der Waals surface area contributed by atoms with Crippen molar-refractivity contribution in [3.05, 3.63) is 16.7 Å². The molecule has 6 aliphatic rings. The molecule has 6 fully saturated rings. The number of nitrogen functional groups attached to an aromatic ring is 1. The molecule has 11 heteroatoms. The molecule has 11 nitrogen and oxygen atoms in total. The lowest BCUT2D eigenvalue weighted by molar-refractivity contribution is -0.205. The average Bonchev–Trinajstić information content (AvgIpc) is 3.42. The van der Waals surface area contributed by atoms with Gasteiger partial charge in [-0.1, -0.05) is 0 Å². The Morgan fingerprint density at radius 1 is 1.17 bits per heavy atom. The number of nitrogens with one attached hydrogen (secondary N) is 1. The zero-order chi connectivity index (χ0) is 24.1. The van der Waals surface area contributed by atoms with Gasteiger partial charge in [-0.15, -0.1) is 0 Å². The summed E-state index contributed by atoms with van der Waals surface area (Å²) in [6, 6.07) is 0. The molecule has 2 aromatic heterocycles. The Morgan fingerprint density at radius 3 is 2.51 bits per heavy atom. The number of fused-ring (bicyclic) bond motifs is 2. The second-order valence-electron chi connectivity index (χ2n) is 11.7. The first-order valence-electron chi connectivity index (χ1n) is 12.6. The number of anilines is 1. The lowest BCUT2D eigenvalue weighted by Crippen LogP contribution is -2.51. The highest BCUT2D eigenvalue weighted by molar-refractivity contribution is 5.77. The van der Waals surface area contributed by atoms with Crippen LogP contribution in [0, 0.1) is 23.2 Å². The van der Waals surface area contributed by atoms with Crippen LogP contribution in [0.2, 0.25) is 0 Å². The van der Waals surface area contributed by atoms with E-state index in [2.05, 4.69) is 15.0 Å². The molecule has 4 saturated carbocycles. The minimum atomic E-state index is -0.833. The van der Waals surface area contributed by atoms with E-state index >= 15 is 0 Å². The summed E-state index contributed by atoms with van der Waals surface area (Å²) in [5.74, 6) is 1.05. The minimum Gasteiger partial charge on any atom is -0.462 e. The standard InChI is InChI=1S/C24H31N5O6/c1-23(2)34-16-14(9-32-21(31)24-6-11-3-12(7-24)5-13(4-11)8-24)33-20(17(16)35-23)29-10-26-15-18(29)27-22(25)28-19(15)30/h10-14,16-17,20H,3-9H2,1-2H3,(H3,25,27,28,30)/t11?,12?,13?,14-,16-,17-,20-,24?/m1/s1. The first kappa shape index (κ1) is 21.8. The number of hydrogen-bond donors (Lipinski definition) is 2. The van der Waals surface area contributed by atoms with Gasteiger partial charge in [-0.25, -0.2) is 4.98 Å². The molecule has 2 saturated heterocycles. The van der Waals surface area contributed by atoms with E-state index in [0.717, 1.165) is 19.3 Å². The van der Waals surface area contributed by atoms with Crippen molar-refractivity contribution < 1.29 is 23.7 Å². The smallest absolute Gasteiger partial charge is 0.312 e. The molecule has 0 aromatic carbocycles. The Morgan fingerprint density at radius 2 is 1.83 bits per heavy atom. The summed E-state index contributed by atoms with van der Waals surface area (Å²) in [5.41, 5.74) is 5.48. The van der Waals surface area contributed by atoms with E-state index in [1.165, 1.54) is 25.6 Å². The molecule has 4 aliphatic carbocycles. The number of ether oxygens (including phenoxy) is 4. The van der Waals surface area contributed by atoms with Crippen LogP contribution >= 0.6 is 0 Å². The maximum Gasteiger partial charge on any atom is 0.312 e. The second kappa shape index (κ2) is 7.27. The number of H-pyrrole nitrogens is 1. The highest BCUT2D eigenvalue weighted by Crippen LogP contribution is 2.60. The summed E-state index contributed by atoms with van der Waals surface area (Å²) < 4.78 is 26.3. The lowest BCUT2D eigenvalue weighted by atomic mass is 9.49. The number of imidazole rings is 1. The van der Waals surface area contributed by atoms with Gasteiger partial charge in [0.25, 0.3) is 5.56 Å². The van der Waals surface area contributed by atoms with Crippen molar-refractivity contribution in [1.29, 1.82) is 0 Å². The molecule has 2 aromatic rings. The molecule has 0 unspecified atom stereocenters. The van der Waals surface area contributed by atoms with Crippen molar-refractivity contribution in [2.24, 2.45) is 23.2 Å². The van der Waals surface area contributed by atoms with Gasteiger partial charge in [-0.2, -0.15) is 4.98 Å². The van der Waals surface area contributed by atoms with Gasteiger partial charge >= 0.3 is 5.97 Å². The van der Waals surface area contributed by atoms with Gasteiger partial charge in [0.2, 0.25) is 5.95 Å². The number of carbonyl (C=O) groups excluding carboxylic acids is 1. The van der Waals surface area contributed by atoms with Crippen LogP contribution in [0.3, 0.4) is 0 Å². The van der Waals surface area contributed by atoms with E-state index in [9.17, 15) is 9.59 Å². The van der Waals surface area contributed by atoms with Crippen LogP contribution in [0.5, 0.6) is 0 Å². The lowest BCUT2D eigenvalue weighted by Gasteiger charge is -2.55. The summed E-state index contributed by atoms with van der Waals surface area (Å²) in [4.78, 5) is 36.6. The predicted octanol–water partition coefficient (Wildman–Crippen LogP) is 1.88. The van der Waals surface area contributed by atoms with Crippen LogP contribution in [-0.2, 0) is 23.7 Å². The third-order valence-corrected chi connectivity index (χ3v) is 8.70. The Labute approximate surface area is 201 Å². The van der Waals surface area contributed by atoms with E-state index in [0.29, 0.717) is 23.4 Å². The summed E-state index contributed by atoms with van der Waals surface area (Å²) in [6.45, 7) is 3.77. The van der Waals surface area contributed by atoms with Crippen molar-refractivity contribution >= 4 is 23.1 Å². The number of nitrogens with two attached hydrogens (primary N) is 1. The highest BCUT2D eigenvalue weighted by Gasteiger charge is 2.58. The quantitative estimate of drug-likeness (QED) is 0.620. The molecular weight excluding hydrogens is 454 g/mol. The van der Waals surface area contributed by atoms with Crippen LogP contribution in [0.4, 0.5) is 5.95 Å². The first-order valence-corrected chi connectivity index (χ1v) is 12.6. The normalized spacial score (nSPS) is 40.9. The van der Waals surface area contributed by atoms with Gasteiger partial charge in [-0.3, -0.25) is 19.1 Å². The summed E-state index contributed by atoms with van der Waals surface area (Å²) in [7, 11) is 0. The van der Waals surface area contributed by atoms with Crippen LogP contribution in [-0.4, -0.2) is 56.2 Å². The van der Waals surface area contributed by atoms with Crippen molar-refractivity contribution in [3.63, 3.8) is 0 Å². The Bertz CT molecular complexity index is 1220. The summed E-state index contributed by atoms with van der Waals surface area (Å²) in [5, 5.41) is 0. The van der Waals surface area contributed by atoms with Crippen molar-refractivity contribution in [2.45, 2.75) is 82.7 Å². The molecule has 4 atom stereocenters. The Balaban J connectivity index is 1.13. The van der Waals surface area contributed by atoms with Crippen molar-refractivity contribution in [3.8, 4) is 0 Å². The molecule has 4 heterocycles. The fourth-order valence-corrected chi connectivity index (χ4v) is 7.82. The van der Waals surface area contributed by atoms with E-state index in [-0.39, 0.29) is 29.5 Å². The number of esters is 1. The maximum absolute atomic E-state index is 13.4. The number of carbonyl (C=O) groups is 1. The predicted molar refractivity (Wildman–Crippen MR) is 122 cm³/mol. The van der Waals surface area contributed by atoms with Gasteiger partial charge in [0.1, 0.15) is 24.9 Å². The van der Waals surface area contributed by atoms with E-state index in [1.54, 1.807) is 4.57 Å². The fraction of sp³-hybridized carbons (Fsp3) is 0.750. The van der Waals surface area contributed by atoms with Gasteiger partial charge < -0.3 is 24.7 Å².